The summed E-state index contributed by atoms with van der Waals surface area (Å²) < 4.78 is 0. The van der Waals surface area contributed by atoms with E-state index in [4.69, 9.17) is 5.11 Å². The summed E-state index contributed by atoms with van der Waals surface area (Å²) in [6.45, 7) is 2.15. The predicted molar refractivity (Wildman–Crippen MR) is 86.9 cm³/mol. The molecule has 0 radical (unpaired) electrons. The molecule has 0 spiro atoms. The molecule has 114 valence electrons. The van der Waals surface area contributed by atoms with Crippen molar-refractivity contribution < 1.29 is 9.90 Å². The van der Waals surface area contributed by atoms with E-state index in [1.165, 1.54) is 19.3 Å². The minimum absolute atomic E-state index is 0.299. The van der Waals surface area contributed by atoms with E-state index in [1.54, 1.807) is 0 Å². The first-order valence-electron chi connectivity index (χ1n) is 7.94. The molecule has 0 saturated carbocycles. The molecule has 0 rings (SSSR count). The normalized spacial score (nSPS) is 12.1. The Labute approximate surface area is 124 Å². The summed E-state index contributed by atoms with van der Waals surface area (Å²) in [6.07, 6.45) is 23.4. The molecule has 0 heterocycles. The van der Waals surface area contributed by atoms with Crippen LogP contribution in [0.4, 0.5) is 0 Å². The minimum atomic E-state index is -0.688. The zero-order chi connectivity index (χ0) is 14.9. The lowest BCUT2D eigenvalue weighted by Gasteiger charge is -1.95. The average Bonchev–Trinajstić information content (AvgIpc) is 2.43. The summed E-state index contributed by atoms with van der Waals surface area (Å²) in [7, 11) is 0. The highest BCUT2D eigenvalue weighted by Crippen LogP contribution is 2.05. The summed E-state index contributed by atoms with van der Waals surface area (Å²) in [6, 6.07) is 0. The zero-order valence-electron chi connectivity index (χ0n) is 12.9. The summed E-state index contributed by atoms with van der Waals surface area (Å²) in [5.41, 5.74) is 0. The molecule has 0 aromatic rings. The Hall–Kier alpha value is -1.31. The van der Waals surface area contributed by atoms with Crippen LogP contribution in [0.1, 0.15) is 71.1 Å². The van der Waals surface area contributed by atoms with E-state index in [2.05, 4.69) is 43.4 Å². The molecule has 2 heteroatoms. The predicted octanol–water partition coefficient (Wildman–Crippen LogP) is 5.66. The van der Waals surface area contributed by atoms with Gasteiger partial charge in [0, 0.05) is 6.42 Å². The van der Waals surface area contributed by atoms with E-state index >= 15 is 0 Å². The lowest BCUT2D eigenvalue weighted by atomic mass is 10.1. The number of carbonyl (C=O) groups is 1. The Bertz CT molecular complexity index is 301. The van der Waals surface area contributed by atoms with Crippen molar-refractivity contribution in [2.24, 2.45) is 0 Å². The first-order valence-corrected chi connectivity index (χ1v) is 7.94. The SMILES string of the molecule is CCC=CCC=CCCCC/C=C\CCCCC(=O)O. The number of hydrogen-bond acceptors (Lipinski definition) is 1. The van der Waals surface area contributed by atoms with E-state index in [0.717, 1.165) is 38.5 Å². The maximum Gasteiger partial charge on any atom is 0.303 e. The van der Waals surface area contributed by atoms with Crippen LogP contribution < -0.4 is 0 Å². The monoisotopic (exact) mass is 278 g/mol. The van der Waals surface area contributed by atoms with E-state index in [0.29, 0.717) is 6.42 Å². The van der Waals surface area contributed by atoms with Gasteiger partial charge >= 0.3 is 5.97 Å². The number of allylic oxidation sites excluding steroid dienone is 6. The highest BCUT2D eigenvalue weighted by molar-refractivity contribution is 5.66. The smallest absolute Gasteiger partial charge is 0.303 e. The molecule has 2 nitrogen and oxygen atoms in total. The van der Waals surface area contributed by atoms with Crippen LogP contribution in [0.15, 0.2) is 36.5 Å². The molecule has 0 bridgehead atoms. The third-order valence-corrected chi connectivity index (χ3v) is 3.01. The first kappa shape index (κ1) is 18.7. The number of carboxylic acid groups (broad SMARTS) is 1. The van der Waals surface area contributed by atoms with E-state index in [1.807, 2.05) is 0 Å². The molecule has 0 aliphatic heterocycles. The van der Waals surface area contributed by atoms with Gasteiger partial charge < -0.3 is 5.11 Å². The fourth-order valence-corrected chi connectivity index (χ4v) is 1.85. The number of aliphatic carboxylic acids is 1. The van der Waals surface area contributed by atoms with Crippen molar-refractivity contribution in [3.8, 4) is 0 Å². The van der Waals surface area contributed by atoms with E-state index < -0.39 is 5.97 Å². The number of unbranched alkanes of at least 4 members (excludes halogenated alkanes) is 5. The maximum atomic E-state index is 10.3. The van der Waals surface area contributed by atoms with Crippen LogP contribution in [0, 0.1) is 0 Å². The molecule has 0 aromatic carbocycles. The third kappa shape index (κ3) is 16.7. The van der Waals surface area contributed by atoms with Gasteiger partial charge in [0.05, 0.1) is 0 Å². The molecule has 1 N–H and O–H groups in total. The van der Waals surface area contributed by atoms with Gasteiger partial charge in [-0.25, -0.2) is 0 Å². The van der Waals surface area contributed by atoms with Gasteiger partial charge in [-0.05, 0) is 57.8 Å². The molecule has 0 amide bonds. The standard InChI is InChI=1S/C18H30O2/c1-2-3-4-5-6-7-8-9-10-11-12-13-14-15-16-17-18(19)20/h3-4,6-7,12-13H,2,5,8-11,14-17H2,1H3,(H,19,20)/b4-3?,7-6?,13-12-. The van der Waals surface area contributed by atoms with E-state index in [9.17, 15) is 4.79 Å². The molecule has 0 aliphatic carbocycles. The second kappa shape index (κ2) is 15.7. The Kier molecular flexibility index (Phi) is 14.7. The van der Waals surface area contributed by atoms with Crippen molar-refractivity contribution >= 4 is 5.97 Å². The lowest BCUT2D eigenvalue weighted by Crippen LogP contribution is -1.92. The maximum absolute atomic E-state index is 10.3. The Morgan fingerprint density at radius 3 is 1.85 bits per heavy atom. The highest BCUT2D eigenvalue weighted by atomic mass is 16.4. The third-order valence-electron chi connectivity index (χ3n) is 3.01. The van der Waals surface area contributed by atoms with Gasteiger partial charge in [0.2, 0.25) is 0 Å². The highest BCUT2D eigenvalue weighted by Gasteiger charge is 1.94. The topological polar surface area (TPSA) is 37.3 Å². The molecule has 0 unspecified atom stereocenters. The second-order valence-corrected chi connectivity index (χ2v) is 4.98. The molecule has 0 aliphatic rings. The quantitative estimate of drug-likeness (QED) is 0.348. The van der Waals surface area contributed by atoms with Gasteiger partial charge in [0.1, 0.15) is 0 Å². The second-order valence-electron chi connectivity index (χ2n) is 4.98. The van der Waals surface area contributed by atoms with Gasteiger partial charge in [-0.15, -0.1) is 0 Å². The van der Waals surface area contributed by atoms with Gasteiger partial charge in [-0.1, -0.05) is 43.4 Å². The van der Waals surface area contributed by atoms with Crippen molar-refractivity contribution in [3.05, 3.63) is 36.5 Å². The Morgan fingerprint density at radius 2 is 1.30 bits per heavy atom. The Balaban J connectivity index is 3.23. The van der Waals surface area contributed by atoms with Crippen LogP contribution in [0.2, 0.25) is 0 Å². The van der Waals surface area contributed by atoms with E-state index in [-0.39, 0.29) is 0 Å². The molecule has 20 heavy (non-hydrogen) atoms. The molecule has 0 fully saturated rings. The fraction of sp³-hybridized carbons (Fsp3) is 0.611. The molecular weight excluding hydrogens is 248 g/mol. The van der Waals surface area contributed by atoms with Crippen LogP contribution in [-0.2, 0) is 4.79 Å². The molecule has 0 atom stereocenters. The van der Waals surface area contributed by atoms with Gasteiger partial charge in [0.25, 0.3) is 0 Å². The van der Waals surface area contributed by atoms with Crippen LogP contribution in [0.5, 0.6) is 0 Å². The van der Waals surface area contributed by atoms with Crippen LogP contribution in [-0.4, -0.2) is 11.1 Å². The molecular formula is C18H30O2. The summed E-state index contributed by atoms with van der Waals surface area (Å²) >= 11 is 0. The van der Waals surface area contributed by atoms with Crippen molar-refractivity contribution in [2.75, 3.05) is 0 Å². The minimum Gasteiger partial charge on any atom is -0.481 e. The van der Waals surface area contributed by atoms with Crippen molar-refractivity contribution in [2.45, 2.75) is 71.1 Å². The van der Waals surface area contributed by atoms with Gasteiger partial charge in [0.15, 0.2) is 0 Å². The largest absolute Gasteiger partial charge is 0.481 e. The Morgan fingerprint density at radius 1 is 0.800 bits per heavy atom. The molecule has 0 aromatic heterocycles. The summed E-state index contributed by atoms with van der Waals surface area (Å²) in [4.78, 5) is 10.3. The number of rotatable bonds is 13. The first-order chi connectivity index (χ1) is 9.77. The number of carboxylic acids is 1. The van der Waals surface area contributed by atoms with Gasteiger partial charge in [-0.2, -0.15) is 0 Å². The number of hydrogen-bond donors (Lipinski definition) is 1. The average molecular weight is 278 g/mol. The van der Waals surface area contributed by atoms with Crippen LogP contribution in [0.25, 0.3) is 0 Å². The van der Waals surface area contributed by atoms with Crippen LogP contribution >= 0.6 is 0 Å². The van der Waals surface area contributed by atoms with Gasteiger partial charge in [-0.3, -0.25) is 4.79 Å². The molecule has 0 saturated heterocycles. The zero-order valence-corrected chi connectivity index (χ0v) is 12.9. The van der Waals surface area contributed by atoms with Crippen LogP contribution in [0.3, 0.4) is 0 Å². The fourth-order valence-electron chi connectivity index (χ4n) is 1.85. The van der Waals surface area contributed by atoms with Crippen molar-refractivity contribution in [3.63, 3.8) is 0 Å². The van der Waals surface area contributed by atoms with Crippen molar-refractivity contribution in [1.29, 1.82) is 0 Å². The summed E-state index contributed by atoms with van der Waals surface area (Å²) in [5.74, 6) is -0.688. The summed E-state index contributed by atoms with van der Waals surface area (Å²) in [5, 5.41) is 8.49. The van der Waals surface area contributed by atoms with Crippen molar-refractivity contribution in [1.82, 2.24) is 0 Å². The lowest BCUT2D eigenvalue weighted by molar-refractivity contribution is -0.137.